The van der Waals surface area contributed by atoms with Gasteiger partial charge in [0.1, 0.15) is 11.5 Å². The number of halogens is 1. The molecule has 0 aliphatic carbocycles. The topological polar surface area (TPSA) is 45.5 Å². The molecular formula is C17H21BrN2O2. The molecule has 0 fully saturated rings. The van der Waals surface area contributed by atoms with Crippen LogP contribution in [-0.4, -0.2) is 30.4 Å². The third-order valence-electron chi connectivity index (χ3n) is 3.59. The molecule has 1 aromatic heterocycles. The van der Waals surface area contributed by atoms with Gasteiger partial charge in [-0.3, -0.25) is 9.69 Å². The van der Waals surface area contributed by atoms with E-state index in [2.05, 4.69) is 21.2 Å². The monoisotopic (exact) mass is 364 g/mol. The van der Waals surface area contributed by atoms with Gasteiger partial charge in [-0.05, 0) is 45.2 Å². The van der Waals surface area contributed by atoms with Gasteiger partial charge in [-0.2, -0.15) is 0 Å². The molecule has 0 aliphatic heterocycles. The Labute approximate surface area is 139 Å². The van der Waals surface area contributed by atoms with Crippen LogP contribution in [0.2, 0.25) is 0 Å². The quantitative estimate of drug-likeness (QED) is 0.850. The van der Waals surface area contributed by atoms with Crippen molar-refractivity contribution in [1.29, 1.82) is 0 Å². The minimum atomic E-state index is -0.193. The second-order valence-corrected chi connectivity index (χ2v) is 6.17. The molecule has 0 saturated heterocycles. The molecule has 118 valence electrons. The SMILES string of the molecule is CCNC(=O)[C@H](C)N(C)Cc1ccc(-c2ccc(Br)cc2)o1. The van der Waals surface area contributed by atoms with E-state index in [4.69, 9.17) is 4.42 Å². The molecule has 5 heteroatoms. The second kappa shape index (κ2) is 7.61. The largest absolute Gasteiger partial charge is 0.460 e. The third-order valence-corrected chi connectivity index (χ3v) is 4.12. The molecule has 0 saturated carbocycles. The first kappa shape index (κ1) is 16.8. The zero-order valence-electron chi connectivity index (χ0n) is 13.1. The van der Waals surface area contributed by atoms with Crippen molar-refractivity contribution >= 4 is 21.8 Å². The number of rotatable bonds is 6. The van der Waals surface area contributed by atoms with Crippen molar-refractivity contribution in [2.75, 3.05) is 13.6 Å². The normalized spacial score (nSPS) is 12.4. The summed E-state index contributed by atoms with van der Waals surface area (Å²) in [6, 6.07) is 11.7. The summed E-state index contributed by atoms with van der Waals surface area (Å²) in [4.78, 5) is 13.8. The lowest BCUT2D eigenvalue weighted by atomic mass is 10.2. The number of benzene rings is 1. The summed E-state index contributed by atoms with van der Waals surface area (Å²) < 4.78 is 6.92. The van der Waals surface area contributed by atoms with Crippen molar-refractivity contribution in [3.63, 3.8) is 0 Å². The zero-order chi connectivity index (χ0) is 16.1. The Bertz CT molecular complexity index is 622. The molecule has 1 N–H and O–H groups in total. The fraction of sp³-hybridized carbons (Fsp3) is 0.353. The van der Waals surface area contributed by atoms with Gasteiger partial charge in [0, 0.05) is 16.6 Å². The molecule has 2 aromatic rings. The maximum absolute atomic E-state index is 11.8. The van der Waals surface area contributed by atoms with Gasteiger partial charge >= 0.3 is 0 Å². The fourth-order valence-electron chi connectivity index (χ4n) is 2.14. The predicted octanol–water partition coefficient (Wildman–Crippen LogP) is 3.67. The van der Waals surface area contributed by atoms with Crippen LogP contribution < -0.4 is 5.32 Å². The molecule has 22 heavy (non-hydrogen) atoms. The standard InChI is InChI=1S/C17H21BrN2O2/c1-4-19-17(21)12(2)20(3)11-15-9-10-16(22-15)13-5-7-14(18)8-6-13/h5-10,12H,4,11H2,1-3H3,(H,19,21)/t12-/m0/s1. The average Bonchev–Trinajstić information content (AvgIpc) is 2.95. The maximum atomic E-state index is 11.8. The van der Waals surface area contributed by atoms with E-state index in [9.17, 15) is 4.79 Å². The van der Waals surface area contributed by atoms with E-state index in [1.807, 2.05) is 62.2 Å². The van der Waals surface area contributed by atoms with E-state index < -0.39 is 0 Å². The van der Waals surface area contributed by atoms with Crippen LogP contribution in [0.5, 0.6) is 0 Å². The van der Waals surface area contributed by atoms with Crippen molar-refractivity contribution in [3.8, 4) is 11.3 Å². The smallest absolute Gasteiger partial charge is 0.237 e. The number of nitrogens with one attached hydrogen (secondary N) is 1. The van der Waals surface area contributed by atoms with E-state index in [0.717, 1.165) is 21.6 Å². The number of hydrogen-bond donors (Lipinski definition) is 1. The average molecular weight is 365 g/mol. The molecule has 2 rings (SSSR count). The van der Waals surface area contributed by atoms with E-state index in [-0.39, 0.29) is 11.9 Å². The van der Waals surface area contributed by atoms with Crippen LogP contribution in [0, 0.1) is 0 Å². The molecule has 0 spiro atoms. The summed E-state index contributed by atoms with van der Waals surface area (Å²) in [5, 5.41) is 2.83. The first-order chi connectivity index (χ1) is 10.5. The molecule has 0 aliphatic rings. The molecule has 0 unspecified atom stereocenters. The molecule has 0 bridgehead atoms. The lowest BCUT2D eigenvalue weighted by Gasteiger charge is -2.22. The van der Waals surface area contributed by atoms with Gasteiger partial charge in [-0.15, -0.1) is 0 Å². The van der Waals surface area contributed by atoms with Gasteiger partial charge in [0.2, 0.25) is 5.91 Å². The summed E-state index contributed by atoms with van der Waals surface area (Å²) >= 11 is 3.42. The Balaban J connectivity index is 2.02. The Kier molecular flexibility index (Phi) is 5.80. The van der Waals surface area contributed by atoms with E-state index in [1.54, 1.807) is 0 Å². The molecular weight excluding hydrogens is 344 g/mol. The maximum Gasteiger partial charge on any atom is 0.237 e. The summed E-state index contributed by atoms with van der Waals surface area (Å²) in [6.45, 7) is 5.05. The van der Waals surface area contributed by atoms with Crippen LogP contribution in [0.15, 0.2) is 45.3 Å². The number of carbonyl (C=O) groups excluding carboxylic acids is 1. The first-order valence-corrected chi connectivity index (χ1v) is 8.13. The highest BCUT2D eigenvalue weighted by Gasteiger charge is 2.18. The van der Waals surface area contributed by atoms with Crippen LogP contribution >= 0.6 is 15.9 Å². The molecule has 1 amide bonds. The highest BCUT2D eigenvalue weighted by molar-refractivity contribution is 9.10. The van der Waals surface area contributed by atoms with Gasteiger partial charge < -0.3 is 9.73 Å². The van der Waals surface area contributed by atoms with Crippen molar-refractivity contribution < 1.29 is 9.21 Å². The van der Waals surface area contributed by atoms with Crippen molar-refractivity contribution in [2.45, 2.75) is 26.4 Å². The summed E-state index contributed by atoms with van der Waals surface area (Å²) in [5.41, 5.74) is 1.04. The van der Waals surface area contributed by atoms with Gasteiger partial charge in [0.05, 0.1) is 12.6 Å². The van der Waals surface area contributed by atoms with Crippen molar-refractivity contribution in [1.82, 2.24) is 10.2 Å². The number of hydrogen-bond acceptors (Lipinski definition) is 3. The number of nitrogens with zero attached hydrogens (tertiary/aromatic N) is 1. The minimum absolute atomic E-state index is 0.0321. The second-order valence-electron chi connectivity index (χ2n) is 5.26. The van der Waals surface area contributed by atoms with Gasteiger partial charge in [0.25, 0.3) is 0 Å². The molecule has 1 aromatic carbocycles. The minimum Gasteiger partial charge on any atom is -0.460 e. The van der Waals surface area contributed by atoms with Crippen LogP contribution in [-0.2, 0) is 11.3 Å². The van der Waals surface area contributed by atoms with Gasteiger partial charge in [0.15, 0.2) is 0 Å². The van der Waals surface area contributed by atoms with Gasteiger partial charge in [-0.1, -0.05) is 28.1 Å². The summed E-state index contributed by atoms with van der Waals surface area (Å²) in [7, 11) is 1.92. The zero-order valence-corrected chi connectivity index (χ0v) is 14.7. The van der Waals surface area contributed by atoms with Crippen LogP contribution in [0.25, 0.3) is 11.3 Å². The number of amides is 1. The number of carbonyl (C=O) groups is 1. The van der Waals surface area contributed by atoms with Crippen molar-refractivity contribution in [3.05, 3.63) is 46.6 Å². The molecule has 0 radical (unpaired) electrons. The lowest BCUT2D eigenvalue weighted by Crippen LogP contribution is -2.42. The Morgan fingerprint density at radius 2 is 1.95 bits per heavy atom. The molecule has 1 heterocycles. The number of furan rings is 1. The third kappa shape index (κ3) is 4.21. The Morgan fingerprint density at radius 1 is 1.27 bits per heavy atom. The predicted molar refractivity (Wildman–Crippen MR) is 91.5 cm³/mol. The Hall–Kier alpha value is -1.59. The highest BCUT2D eigenvalue weighted by atomic mass is 79.9. The molecule has 4 nitrogen and oxygen atoms in total. The van der Waals surface area contributed by atoms with Gasteiger partial charge in [-0.25, -0.2) is 0 Å². The Morgan fingerprint density at radius 3 is 2.59 bits per heavy atom. The van der Waals surface area contributed by atoms with Crippen LogP contribution in [0.3, 0.4) is 0 Å². The number of likely N-dealkylation sites (N-methyl/N-ethyl adjacent to an activating group) is 2. The van der Waals surface area contributed by atoms with E-state index >= 15 is 0 Å². The van der Waals surface area contributed by atoms with E-state index in [0.29, 0.717) is 13.1 Å². The van der Waals surface area contributed by atoms with E-state index in [1.165, 1.54) is 0 Å². The highest BCUT2D eigenvalue weighted by Crippen LogP contribution is 2.24. The lowest BCUT2D eigenvalue weighted by molar-refractivity contribution is -0.125. The summed E-state index contributed by atoms with van der Waals surface area (Å²) in [6.07, 6.45) is 0. The molecule has 1 atom stereocenters. The van der Waals surface area contributed by atoms with Crippen LogP contribution in [0.4, 0.5) is 0 Å². The van der Waals surface area contributed by atoms with Crippen molar-refractivity contribution in [2.24, 2.45) is 0 Å². The fourth-order valence-corrected chi connectivity index (χ4v) is 2.40. The van der Waals surface area contributed by atoms with Crippen LogP contribution in [0.1, 0.15) is 19.6 Å². The first-order valence-electron chi connectivity index (χ1n) is 7.34. The summed E-state index contributed by atoms with van der Waals surface area (Å²) in [5.74, 6) is 1.71.